The number of aromatic nitrogens is 4. The summed E-state index contributed by atoms with van der Waals surface area (Å²) in [6.07, 6.45) is 1.53. The number of carbonyl (C=O) groups excluding carboxylic acids is 1. The number of aromatic amines is 2. The summed E-state index contributed by atoms with van der Waals surface area (Å²) in [5.41, 5.74) is 4.62. The molecule has 1 aliphatic heterocycles. The Hall–Kier alpha value is -3.60. The number of ether oxygens (including phenoxy) is 1. The average molecular weight is 436 g/mol. The second kappa shape index (κ2) is 8.87. The average Bonchev–Trinajstić information content (AvgIpc) is 3.42. The Morgan fingerprint density at radius 2 is 2.00 bits per heavy atom. The van der Waals surface area contributed by atoms with Gasteiger partial charge >= 0.3 is 6.03 Å². The van der Waals surface area contributed by atoms with Crippen LogP contribution in [0.3, 0.4) is 0 Å². The third kappa shape index (κ3) is 4.52. The van der Waals surface area contributed by atoms with Gasteiger partial charge in [0.1, 0.15) is 17.2 Å². The number of H-pyrrole nitrogens is 2. The number of morpholine rings is 1. The molecule has 32 heavy (non-hydrogen) atoms. The number of nitrogens with one attached hydrogen (secondary N) is 3. The van der Waals surface area contributed by atoms with Gasteiger partial charge in [0.2, 0.25) is 0 Å². The summed E-state index contributed by atoms with van der Waals surface area (Å²) in [5, 5.41) is 11.1. The van der Waals surface area contributed by atoms with Gasteiger partial charge in [-0.25, -0.2) is 19.5 Å². The lowest BCUT2D eigenvalue weighted by Crippen LogP contribution is -2.83. The van der Waals surface area contributed by atoms with Crippen LogP contribution in [-0.4, -0.2) is 57.4 Å². The van der Waals surface area contributed by atoms with E-state index in [0.29, 0.717) is 22.9 Å². The molecule has 1 aliphatic rings. The van der Waals surface area contributed by atoms with E-state index in [4.69, 9.17) is 4.74 Å². The molecule has 2 aromatic carbocycles. The number of urea groups is 1. The fourth-order valence-corrected chi connectivity index (χ4v) is 3.73. The first-order valence-corrected chi connectivity index (χ1v) is 10.4. The van der Waals surface area contributed by atoms with Gasteiger partial charge in [0.05, 0.1) is 36.1 Å². The number of primary amides is 1. The lowest BCUT2D eigenvalue weighted by Gasteiger charge is -2.26. The summed E-state index contributed by atoms with van der Waals surface area (Å²) in [4.78, 5) is 22.7. The van der Waals surface area contributed by atoms with E-state index < -0.39 is 0 Å². The Balaban J connectivity index is 1.31. The van der Waals surface area contributed by atoms with Crippen LogP contribution < -0.4 is 10.6 Å². The number of amides is 2. The topological polar surface area (TPSA) is 116 Å². The van der Waals surface area contributed by atoms with Crippen LogP contribution in [0.5, 0.6) is 0 Å². The first-order valence-electron chi connectivity index (χ1n) is 10.4. The van der Waals surface area contributed by atoms with Crippen LogP contribution in [-0.2, 0) is 11.3 Å². The van der Waals surface area contributed by atoms with Crippen LogP contribution in [0, 0.1) is 5.82 Å². The summed E-state index contributed by atoms with van der Waals surface area (Å²) in [6.45, 7) is 4.25. The van der Waals surface area contributed by atoms with Crippen molar-refractivity contribution in [3.8, 4) is 11.5 Å². The highest BCUT2D eigenvalue weighted by Gasteiger charge is 2.17. The van der Waals surface area contributed by atoms with Crippen molar-refractivity contribution in [2.24, 2.45) is 0 Å². The monoisotopic (exact) mass is 436 g/mol. The summed E-state index contributed by atoms with van der Waals surface area (Å²) < 4.78 is 18.5. The molecule has 2 amide bonds. The Morgan fingerprint density at radius 3 is 2.81 bits per heavy atom. The van der Waals surface area contributed by atoms with Crippen LogP contribution in [0.4, 0.5) is 20.6 Å². The highest BCUT2D eigenvalue weighted by molar-refractivity contribution is 5.89. The zero-order chi connectivity index (χ0) is 21.9. The van der Waals surface area contributed by atoms with E-state index in [1.807, 2.05) is 6.07 Å². The maximum Gasteiger partial charge on any atom is 0.422 e. The summed E-state index contributed by atoms with van der Waals surface area (Å²) in [6, 6.07) is 11.5. The van der Waals surface area contributed by atoms with E-state index in [2.05, 4.69) is 42.5 Å². The van der Waals surface area contributed by atoms with Gasteiger partial charge in [-0.05, 0) is 29.8 Å². The molecule has 0 radical (unpaired) electrons. The van der Waals surface area contributed by atoms with Crippen LogP contribution in [0.25, 0.3) is 22.6 Å². The van der Waals surface area contributed by atoms with Crippen LogP contribution in [0.2, 0.25) is 0 Å². The first kappa shape index (κ1) is 20.3. The van der Waals surface area contributed by atoms with Gasteiger partial charge in [0.15, 0.2) is 5.82 Å². The molecule has 0 bridgehead atoms. The van der Waals surface area contributed by atoms with Gasteiger partial charge in [0.25, 0.3) is 0 Å². The third-order valence-corrected chi connectivity index (χ3v) is 5.36. The fourth-order valence-electron chi connectivity index (χ4n) is 3.73. The van der Waals surface area contributed by atoms with Gasteiger partial charge in [0, 0.05) is 31.8 Å². The highest BCUT2D eigenvalue weighted by Crippen LogP contribution is 2.26. The van der Waals surface area contributed by atoms with E-state index in [1.54, 1.807) is 12.1 Å². The number of benzene rings is 2. The molecule has 10 heteroatoms. The van der Waals surface area contributed by atoms with Gasteiger partial charge < -0.3 is 9.72 Å². The number of nitrogens with zero attached hydrogens (tertiary/aromatic N) is 3. The molecule has 0 saturated carbocycles. The standard InChI is InChI=1S/C22H22FN7O2/c23-15-2-4-16(5-3-15)25-22(31)28-19-12-24-29-20(19)21-26-17-6-1-14(11-18(17)27-21)13-30-7-9-32-10-8-30/h1-6,11-12H,7-10,13H2,(H,24,29)(H,26,27)(H2,25,28,31)/p+1. The molecule has 4 aromatic rings. The van der Waals surface area contributed by atoms with Crippen molar-refractivity contribution in [3.05, 3.63) is 60.0 Å². The molecule has 5 rings (SSSR count). The van der Waals surface area contributed by atoms with E-state index in [9.17, 15) is 9.18 Å². The van der Waals surface area contributed by atoms with Crippen LogP contribution in [0.1, 0.15) is 5.56 Å². The quantitative estimate of drug-likeness (QED) is 0.359. The third-order valence-electron chi connectivity index (χ3n) is 5.36. The lowest BCUT2D eigenvalue weighted by atomic mass is 10.2. The number of rotatable bonds is 5. The lowest BCUT2D eigenvalue weighted by molar-refractivity contribution is -0.459. The molecule has 0 unspecified atom stereocenters. The smallest absolute Gasteiger partial charge is 0.379 e. The van der Waals surface area contributed by atoms with Crippen molar-refractivity contribution in [1.29, 1.82) is 0 Å². The second-order valence-electron chi connectivity index (χ2n) is 7.67. The number of anilines is 1. The molecule has 2 aromatic heterocycles. The maximum atomic E-state index is 13.1. The molecule has 9 nitrogen and oxygen atoms in total. The van der Waals surface area contributed by atoms with Gasteiger partial charge in [-0.15, -0.1) is 0 Å². The summed E-state index contributed by atoms with van der Waals surface area (Å²) >= 11 is 0. The molecular weight excluding hydrogens is 413 g/mol. The fraction of sp³-hybridized carbons (Fsp3) is 0.227. The Morgan fingerprint density at radius 1 is 1.19 bits per heavy atom. The number of fused-ring (bicyclic) bond motifs is 1. The SMILES string of the molecule is O=C(Nc1cn[nH]c1-c1nc2ccc(CN3CCOCC3)cc2[nH]1)[NH2+]c1ccc(F)cc1. The highest BCUT2D eigenvalue weighted by atomic mass is 19.1. The van der Waals surface area contributed by atoms with E-state index in [-0.39, 0.29) is 11.8 Å². The molecule has 1 fully saturated rings. The largest absolute Gasteiger partial charge is 0.422 e. The second-order valence-corrected chi connectivity index (χ2v) is 7.67. The van der Waals surface area contributed by atoms with Crippen LogP contribution in [0.15, 0.2) is 48.7 Å². The minimum Gasteiger partial charge on any atom is -0.379 e. The molecule has 3 heterocycles. The van der Waals surface area contributed by atoms with Crippen molar-refractivity contribution in [3.63, 3.8) is 0 Å². The molecule has 5 N–H and O–H groups in total. The van der Waals surface area contributed by atoms with Gasteiger partial charge in [-0.2, -0.15) is 5.10 Å². The maximum absolute atomic E-state index is 13.1. The number of carbonyl (C=O) groups is 1. The number of imidazole rings is 1. The van der Waals surface area contributed by atoms with Gasteiger partial charge in [-0.1, -0.05) is 6.07 Å². The summed E-state index contributed by atoms with van der Waals surface area (Å²) in [7, 11) is 0. The van der Waals surface area contributed by atoms with Crippen molar-refractivity contribution < 1.29 is 19.2 Å². The number of hydrogen-bond donors (Lipinski definition) is 4. The number of nitrogens with two attached hydrogens (primary N) is 1. The zero-order valence-electron chi connectivity index (χ0n) is 17.3. The van der Waals surface area contributed by atoms with Crippen LogP contribution >= 0.6 is 0 Å². The molecule has 0 aliphatic carbocycles. The van der Waals surface area contributed by atoms with Crippen molar-refractivity contribution in [2.45, 2.75) is 6.54 Å². The minimum absolute atomic E-state index is 0.344. The van der Waals surface area contributed by atoms with Crippen molar-refractivity contribution >= 4 is 28.4 Å². The van der Waals surface area contributed by atoms with Gasteiger partial charge in [-0.3, -0.25) is 15.3 Å². The normalized spacial score (nSPS) is 14.7. The predicted octanol–water partition coefficient (Wildman–Crippen LogP) is 2.35. The van der Waals surface area contributed by atoms with Crippen molar-refractivity contribution in [1.82, 2.24) is 25.1 Å². The predicted molar refractivity (Wildman–Crippen MR) is 117 cm³/mol. The molecule has 164 valence electrons. The Bertz CT molecular complexity index is 1230. The number of quaternary nitrogens is 1. The molecule has 1 saturated heterocycles. The van der Waals surface area contributed by atoms with Crippen molar-refractivity contribution in [2.75, 3.05) is 31.6 Å². The first-order chi connectivity index (χ1) is 15.6. The van der Waals surface area contributed by atoms with E-state index >= 15 is 0 Å². The zero-order valence-corrected chi connectivity index (χ0v) is 17.3. The molecular formula is C22H23FN7O2+. The van der Waals surface area contributed by atoms with E-state index in [1.165, 1.54) is 29.2 Å². The van der Waals surface area contributed by atoms with E-state index in [0.717, 1.165) is 43.9 Å². The number of hydrogen-bond acceptors (Lipinski definition) is 5. The molecule has 0 atom stereocenters. The Labute approximate surface area is 183 Å². The minimum atomic E-state index is -0.349. The Kier molecular flexibility index (Phi) is 5.63. The summed E-state index contributed by atoms with van der Waals surface area (Å²) in [5.74, 6) is 0.232. The number of halogens is 1. The molecule has 0 spiro atoms.